The first-order valence-electron chi connectivity index (χ1n) is 6.51. The summed E-state index contributed by atoms with van der Waals surface area (Å²) in [6.07, 6.45) is 0.995. The monoisotopic (exact) mass is 251 g/mol. The van der Waals surface area contributed by atoms with Crippen LogP contribution in [-0.2, 0) is 0 Å². The molecular formula is C15H25NO2. The van der Waals surface area contributed by atoms with Crippen LogP contribution in [0.4, 0.5) is 5.69 Å². The molecule has 1 atom stereocenters. The number of benzene rings is 1. The maximum Gasteiger partial charge on any atom is 0.122 e. The number of hydrogen-bond donors (Lipinski definition) is 1. The van der Waals surface area contributed by atoms with Crippen LogP contribution in [0.1, 0.15) is 24.5 Å². The molecule has 0 aliphatic carbocycles. The van der Waals surface area contributed by atoms with Gasteiger partial charge in [-0.15, -0.1) is 0 Å². The molecule has 0 aliphatic heterocycles. The highest BCUT2D eigenvalue weighted by atomic mass is 16.5. The molecule has 0 bridgehead atoms. The van der Waals surface area contributed by atoms with E-state index in [0.29, 0.717) is 5.92 Å². The van der Waals surface area contributed by atoms with E-state index in [-0.39, 0.29) is 6.61 Å². The fourth-order valence-electron chi connectivity index (χ4n) is 2.22. The number of nitrogens with zero attached hydrogens (tertiary/aromatic N) is 1. The lowest BCUT2D eigenvalue weighted by Crippen LogP contribution is -2.27. The van der Waals surface area contributed by atoms with Crippen molar-refractivity contribution in [1.82, 2.24) is 0 Å². The van der Waals surface area contributed by atoms with E-state index in [1.54, 1.807) is 7.11 Å². The van der Waals surface area contributed by atoms with Crippen LogP contribution in [0, 0.1) is 19.8 Å². The minimum absolute atomic E-state index is 0.245. The van der Waals surface area contributed by atoms with Crippen LogP contribution in [0.15, 0.2) is 12.1 Å². The highest BCUT2D eigenvalue weighted by molar-refractivity contribution is 5.59. The van der Waals surface area contributed by atoms with Crippen LogP contribution in [0.5, 0.6) is 5.75 Å². The maximum atomic E-state index is 9.28. The highest BCUT2D eigenvalue weighted by Crippen LogP contribution is 2.29. The zero-order valence-electron chi connectivity index (χ0n) is 12.2. The van der Waals surface area contributed by atoms with E-state index in [4.69, 9.17) is 4.74 Å². The van der Waals surface area contributed by atoms with Gasteiger partial charge >= 0.3 is 0 Å². The Morgan fingerprint density at radius 3 is 2.44 bits per heavy atom. The van der Waals surface area contributed by atoms with Gasteiger partial charge in [-0.2, -0.15) is 0 Å². The van der Waals surface area contributed by atoms with Crippen molar-refractivity contribution in [2.24, 2.45) is 5.92 Å². The third-order valence-corrected chi connectivity index (χ3v) is 3.71. The summed E-state index contributed by atoms with van der Waals surface area (Å²) in [5, 5.41) is 9.28. The number of hydrogen-bond acceptors (Lipinski definition) is 3. The second-order valence-corrected chi connectivity index (χ2v) is 4.87. The number of methoxy groups -OCH3 is 1. The number of aliphatic hydroxyl groups excluding tert-OH is 1. The van der Waals surface area contributed by atoms with E-state index in [9.17, 15) is 5.11 Å². The van der Waals surface area contributed by atoms with E-state index in [1.165, 1.54) is 16.8 Å². The van der Waals surface area contributed by atoms with Gasteiger partial charge in [0.05, 0.1) is 7.11 Å². The van der Waals surface area contributed by atoms with Crippen molar-refractivity contribution in [2.45, 2.75) is 27.2 Å². The second kappa shape index (κ2) is 6.64. The average molecular weight is 251 g/mol. The highest BCUT2D eigenvalue weighted by Gasteiger charge is 2.13. The van der Waals surface area contributed by atoms with Gasteiger partial charge in [0.25, 0.3) is 0 Å². The van der Waals surface area contributed by atoms with Crippen molar-refractivity contribution in [3.63, 3.8) is 0 Å². The van der Waals surface area contributed by atoms with Gasteiger partial charge < -0.3 is 14.7 Å². The van der Waals surface area contributed by atoms with E-state index in [1.807, 2.05) is 6.07 Å². The van der Waals surface area contributed by atoms with E-state index in [2.05, 4.69) is 38.8 Å². The first-order chi connectivity index (χ1) is 8.54. The van der Waals surface area contributed by atoms with Crippen molar-refractivity contribution in [3.05, 3.63) is 23.3 Å². The predicted octanol–water partition coefficient (Wildman–Crippen LogP) is 2.77. The summed E-state index contributed by atoms with van der Waals surface area (Å²) >= 11 is 0. The average Bonchev–Trinajstić information content (AvgIpc) is 2.38. The fraction of sp³-hybridized carbons (Fsp3) is 0.600. The minimum atomic E-state index is 0.245. The molecule has 0 aromatic heterocycles. The van der Waals surface area contributed by atoms with Crippen LogP contribution < -0.4 is 9.64 Å². The van der Waals surface area contributed by atoms with Crippen LogP contribution >= 0.6 is 0 Å². The molecule has 3 heteroatoms. The van der Waals surface area contributed by atoms with E-state index >= 15 is 0 Å². The van der Waals surface area contributed by atoms with Crippen molar-refractivity contribution < 1.29 is 9.84 Å². The molecule has 0 fully saturated rings. The van der Waals surface area contributed by atoms with Crippen molar-refractivity contribution >= 4 is 5.69 Å². The Morgan fingerprint density at radius 2 is 1.94 bits per heavy atom. The summed E-state index contributed by atoms with van der Waals surface area (Å²) in [5.41, 5.74) is 3.63. The molecule has 0 spiro atoms. The Balaban J connectivity index is 2.93. The zero-order chi connectivity index (χ0) is 13.7. The lowest BCUT2D eigenvalue weighted by atomic mass is 10.0. The van der Waals surface area contributed by atoms with Gasteiger partial charge in [0.1, 0.15) is 5.75 Å². The lowest BCUT2D eigenvalue weighted by molar-refractivity contribution is 0.225. The van der Waals surface area contributed by atoms with Gasteiger partial charge in [0.15, 0.2) is 0 Å². The summed E-state index contributed by atoms with van der Waals surface area (Å²) in [7, 11) is 3.77. The summed E-state index contributed by atoms with van der Waals surface area (Å²) in [6, 6.07) is 4.10. The van der Waals surface area contributed by atoms with Crippen molar-refractivity contribution in [2.75, 3.05) is 32.2 Å². The third-order valence-electron chi connectivity index (χ3n) is 3.71. The molecule has 18 heavy (non-hydrogen) atoms. The lowest BCUT2D eigenvalue weighted by Gasteiger charge is -2.26. The molecule has 3 nitrogen and oxygen atoms in total. The fourth-order valence-corrected chi connectivity index (χ4v) is 2.22. The normalized spacial score (nSPS) is 12.3. The van der Waals surface area contributed by atoms with Crippen molar-refractivity contribution in [1.29, 1.82) is 0 Å². The van der Waals surface area contributed by atoms with E-state index in [0.717, 1.165) is 18.7 Å². The molecule has 1 aromatic carbocycles. The Hall–Kier alpha value is -1.22. The molecular weight excluding hydrogens is 226 g/mol. The largest absolute Gasteiger partial charge is 0.496 e. The first-order valence-corrected chi connectivity index (χ1v) is 6.51. The number of ether oxygens (including phenoxy) is 1. The molecule has 0 heterocycles. The zero-order valence-corrected chi connectivity index (χ0v) is 12.2. The van der Waals surface area contributed by atoms with Gasteiger partial charge in [-0.1, -0.05) is 6.92 Å². The molecule has 102 valence electrons. The first kappa shape index (κ1) is 14.8. The predicted molar refractivity (Wildman–Crippen MR) is 76.6 cm³/mol. The van der Waals surface area contributed by atoms with Crippen LogP contribution in [-0.4, -0.2) is 32.4 Å². The Labute approximate surface area is 110 Å². The summed E-state index contributed by atoms with van der Waals surface area (Å²) in [6.45, 7) is 7.42. The van der Waals surface area contributed by atoms with Gasteiger partial charge in [0.2, 0.25) is 0 Å². The number of rotatable bonds is 6. The topological polar surface area (TPSA) is 32.7 Å². The molecule has 1 aromatic rings. The standard InChI is InChI=1S/C15H25NO2/c1-6-13(10-17)9-16(4)14-7-8-15(18-5)12(3)11(14)2/h7-8,13,17H,6,9-10H2,1-5H3. The second-order valence-electron chi connectivity index (χ2n) is 4.87. The number of anilines is 1. The molecule has 0 saturated heterocycles. The van der Waals surface area contributed by atoms with Gasteiger partial charge in [0, 0.05) is 25.9 Å². The smallest absolute Gasteiger partial charge is 0.122 e. The van der Waals surface area contributed by atoms with Gasteiger partial charge in [-0.3, -0.25) is 0 Å². The molecule has 0 aliphatic rings. The Kier molecular flexibility index (Phi) is 5.48. The quantitative estimate of drug-likeness (QED) is 0.844. The maximum absolute atomic E-state index is 9.28. The molecule has 0 radical (unpaired) electrons. The third kappa shape index (κ3) is 3.16. The number of aliphatic hydroxyl groups is 1. The molecule has 1 N–H and O–H groups in total. The summed E-state index contributed by atoms with van der Waals surface area (Å²) in [5.74, 6) is 1.26. The Bertz CT molecular complexity index is 386. The summed E-state index contributed by atoms with van der Waals surface area (Å²) in [4.78, 5) is 2.21. The molecule has 0 amide bonds. The molecule has 0 saturated carbocycles. The van der Waals surface area contributed by atoms with Crippen LogP contribution in [0.25, 0.3) is 0 Å². The Morgan fingerprint density at radius 1 is 1.28 bits per heavy atom. The van der Waals surface area contributed by atoms with Crippen LogP contribution in [0.3, 0.4) is 0 Å². The molecule has 1 rings (SSSR count). The van der Waals surface area contributed by atoms with Crippen molar-refractivity contribution in [3.8, 4) is 5.75 Å². The van der Waals surface area contributed by atoms with Gasteiger partial charge in [-0.25, -0.2) is 0 Å². The summed E-state index contributed by atoms with van der Waals surface area (Å²) < 4.78 is 5.33. The van der Waals surface area contributed by atoms with Gasteiger partial charge in [-0.05, 0) is 49.4 Å². The van der Waals surface area contributed by atoms with E-state index < -0.39 is 0 Å². The SMILES string of the molecule is CCC(CO)CN(C)c1ccc(OC)c(C)c1C. The molecule has 1 unspecified atom stereocenters. The minimum Gasteiger partial charge on any atom is -0.496 e. The van der Waals surface area contributed by atoms with Crippen LogP contribution in [0.2, 0.25) is 0 Å².